The standard InChI is InChI=1S/C30H28ClFN4O3S/c1-3-16-38-28(37)26-19(2)33-29-34-30(40-18-22-6-4-5-7-25(22)32)35-36(29)27(26)21-10-14-24(15-11-21)39-17-20-8-12-23(31)13-9-20/h4-15,27H,3,16-18H2,1-2H3,(H,33,34,35). The lowest BCUT2D eigenvalue weighted by molar-refractivity contribution is -0.139. The molecule has 1 aliphatic rings. The van der Waals surface area contributed by atoms with E-state index in [0.29, 0.717) is 64.1 Å². The van der Waals surface area contributed by atoms with Crippen molar-refractivity contribution >= 4 is 35.3 Å². The summed E-state index contributed by atoms with van der Waals surface area (Å²) in [6.45, 7) is 4.48. The minimum Gasteiger partial charge on any atom is -0.489 e. The van der Waals surface area contributed by atoms with Gasteiger partial charge in [0.2, 0.25) is 11.1 Å². The summed E-state index contributed by atoms with van der Waals surface area (Å²) in [7, 11) is 0. The van der Waals surface area contributed by atoms with Crippen LogP contribution in [0.2, 0.25) is 5.02 Å². The monoisotopic (exact) mass is 578 g/mol. The molecule has 3 aromatic carbocycles. The maximum atomic E-state index is 14.2. The lowest BCUT2D eigenvalue weighted by Crippen LogP contribution is -2.29. The van der Waals surface area contributed by atoms with Crippen LogP contribution in [0.1, 0.15) is 43.0 Å². The summed E-state index contributed by atoms with van der Waals surface area (Å²) in [6, 6.07) is 21.1. The Morgan fingerprint density at radius 3 is 2.58 bits per heavy atom. The fourth-order valence-electron chi connectivity index (χ4n) is 4.29. The third kappa shape index (κ3) is 6.32. The average Bonchev–Trinajstić information content (AvgIpc) is 3.37. The maximum Gasteiger partial charge on any atom is 0.338 e. The van der Waals surface area contributed by atoms with Gasteiger partial charge in [-0.15, -0.1) is 5.10 Å². The van der Waals surface area contributed by atoms with Gasteiger partial charge in [0.1, 0.15) is 24.2 Å². The molecule has 0 saturated carbocycles. The number of thioether (sulfide) groups is 1. The van der Waals surface area contributed by atoms with Crippen molar-refractivity contribution in [1.29, 1.82) is 0 Å². The average molecular weight is 579 g/mol. The van der Waals surface area contributed by atoms with Gasteiger partial charge in [0, 0.05) is 16.5 Å². The Hall–Kier alpha value is -3.82. The highest BCUT2D eigenvalue weighted by Crippen LogP contribution is 2.37. The highest BCUT2D eigenvalue weighted by atomic mass is 35.5. The summed E-state index contributed by atoms with van der Waals surface area (Å²) in [6.07, 6.45) is 0.710. The molecule has 0 saturated heterocycles. The van der Waals surface area contributed by atoms with Crippen molar-refractivity contribution < 1.29 is 18.7 Å². The predicted molar refractivity (Wildman–Crippen MR) is 154 cm³/mol. The van der Waals surface area contributed by atoms with Gasteiger partial charge in [0.05, 0.1) is 12.2 Å². The topological polar surface area (TPSA) is 78.3 Å². The van der Waals surface area contributed by atoms with E-state index in [0.717, 1.165) is 11.1 Å². The first-order valence-corrected chi connectivity index (χ1v) is 14.2. The number of nitrogens with one attached hydrogen (secondary N) is 1. The Morgan fingerprint density at radius 1 is 1.10 bits per heavy atom. The third-order valence-corrected chi connectivity index (χ3v) is 7.46. The number of carbonyl (C=O) groups excluding carboxylic acids is 1. The van der Waals surface area contributed by atoms with Crippen molar-refractivity contribution in [1.82, 2.24) is 14.8 Å². The SMILES string of the molecule is CCCOC(=O)C1=C(C)Nc2nc(SCc3ccccc3F)nn2C1c1ccc(OCc2ccc(Cl)cc2)cc1. The summed E-state index contributed by atoms with van der Waals surface area (Å²) in [5, 5.41) is 9.04. The molecule has 0 bridgehead atoms. The summed E-state index contributed by atoms with van der Waals surface area (Å²) in [5.41, 5.74) is 3.47. The first-order valence-electron chi connectivity index (χ1n) is 12.9. The summed E-state index contributed by atoms with van der Waals surface area (Å²) < 4.78 is 27.3. The van der Waals surface area contributed by atoms with Gasteiger partial charge >= 0.3 is 5.97 Å². The number of rotatable bonds is 10. The van der Waals surface area contributed by atoms with Crippen molar-refractivity contribution in [3.8, 4) is 5.75 Å². The molecule has 4 aromatic rings. The van der Waals surface area contributed by atoms with Crippen molar-refractivity contribution in [3.05, 3.63) is 112 Å². The Morgan fingerprint density at radius 2 is 1.85 bits per heavy atom. The van der Waals surface area contributed by atoms with Crippen LogP contribution in [0.15, 0.2) is 89.2 Å². The molecule has 0 spiro atoms. The van der Waals surface area contributed by atoms with Crippen LogP contribution in [0.4, 0.5) is 10.3 Å². The highest BCUT2D eigenvalue weighted by Gasteiger charge is 2.35. The molecule has 206 valence electrons. The molecule has 0 aliphatic carbocycles. The minimum absolute atomic E-state index is 0.271. The zero-order valence-electron chi connectivity index (χ0n) is 22.1. The fourth-order valence-corrected chi connectivity index (χ4v) is 5.23. The lowest BCUT2D eigenvalue weighted by Gasteiger charge is -2.28. The molecule has 0 radical (unpaired) electrons. The van der Waals surface area contributed by atoms with Crippen LogP contribution in [-0.2, 0) is 21.9 Å². The van der Waals surface area contributed by atoms with E-state index in [9.17, 15) is 9.18 Å². The molecule has 40 heavy (non-hydrogen) atoms. The van der Waals surface area contributed by atoms with E-state index >= 15 is 0 Å². The van der Waals surface area contributed by atoms with Crippen LogP contribution in [0.5, 0.6) is 5.75 Å². The van der Waals surface area contributed by atoms with Gasteiger partial charge in [0.15, 0.2) is 0 Å². The largest absolute Gasteiger partial charge is 0.489 e. The number of halogens is 2. The Kier molecular flexibility index (Phi) is 8.72. The molecular weight excluding hydrogens is 551 g/mol. The number of esters is 1. The first-order chi connectivity index (χ1) is 19.4. The predicted octanol–water partition coefficient (Wildman–Crippen LogP) is 7.18. The number of hydrogen-bond donors (Lipinski definition) is 1. The molecule has 1 N–H and O–H groups in total. The second-order valence-corrected chi connectivity index (χ2v) is 10.6. The molecule has 2 heterocycles. The smallest absolute Gasteiger partial charge is 0.338 e. The highest BCUT2D eigenvalue weighted by molar-refractivity contribution is 7.98. The van der Waals surface area contributed by atoms with E-state index in [-0.39, 0.29) is 5.82 Å². The number of nitrogens with zero attached hydrogens (tertiary/aromatic N) is 3. The Labute approximate surface area is 241 Å². The summed E-state index contributed by atoms with van der Waals surface area (Å²) in [5.74, 6) is 0.864. The number of aromatic nitrogens is 3. The second-order valence-electron chi connectivity index (χ2n) is 9.23. The number of benzene rings is 3. The van der Waals surface area contributed by atoms with E-state index < -0.39 is 12.0 Å². The van der Waals surface area contributed by atoms with Gasteiger partial charge in [-0.1, -0.05) is 72.8 Å². The minimum atomic E-state index is -0.568. The van der Waals surface area contributed by atoms with E-state index in [1.165, 1.54) is 17.8 Å². The van der Waals surface area contributed by atoms with E-state index in [1.54, 1.807) is 22.9 Å². The maximum absolute atomic E-state index is 14.2. The van der Waals surface area contributed by atoms with Gasteiger partial charge in [-0.25, -0.2) is 13.9 Å². The molecule has 1 unspecified atom stereocenters. The van der Waals surface area contributed by atoms with Gasteiger partial charge in [-0.3, -0.25) is 0 Å². The van der Waals surface area contributed by atoms with E-state index in [2.05, 4.69) is 10.3 Å². The Balaban J connectivity index is 1.41. The lowest BCUT2D eigenvalue weighted by atomic mass is 9.96. The van der Waals surface area contributed by atoms with Crippen LogP contribution in [0.25, 0.3) is 0 Å². The van der Waals surface area contributed by atoms with Gasteiger partial charge < -0.3 is 14.8 Å². The normalized spacial score (nSPS) is 14.4. The summed E-state index contributed by atoms with van der Waals surface area (Å²) in [4.78, 5) is 17.8. The quantitative estimate of drug-likeness (QED) is 0.158. The van der Waals surface area contributed by atoms with Crippen LogP contribution in [0.3, 0.4) is 0 Å². The number of carbonyl (C=O) groups is 1. The molecule has 1 aromatic heterocycles. The van der Waals surface area contributed by atoms with Crippen molar-refractivity contribution in [3.63, 3.8) is 0 Å². The molecule has 0 amide bonds. The number of anilines is 1. The fraction of sp³-hybridized carbons (Fsp3) is 0.233. The molecule has 7 nitrogen and oxygen atoms in total. The van der Waals surface area contributed by atoms with Crippen molar-refractivity contribution in [2.45, 2.75) is 43.8 Å². The Bertz CT molecular complexity index is 1520. The number of allylic oxidation sites excluding steroid dienone is 1. The molecule has 10 heteroatoms. The first kappa shape index (κ1) is 27.7. The van der Waals surface area contributed by atoms with E-state index in [4.69, 9.17) is 26.2 Å². The van der Waals surface area contributed by atoms with Crippen LogP contribution >= 0.6 is 23.4 Å². The van der Waals surface area contributed by atoms with Gasteiger partial charge in [-0.05, 0) is 60.4 Å². The number of hydrogen-bond acceptors (Lipinski definition) is 7. The van der Waals surface area contributed by atoms with Crippen LogP contribution in [0, 0.1) is 5.82 Å². The van der Waals surface area contributed by atoms with Gasteiger partial charge in [-0.2, -0.15) is 4.98 Å². The molecular formula is C30H28ClFN4O3S. The second kappa shape index (κ2) is 12.6. The zero-order chi connectivity index (χ0) is 28.1. The molecule has 1 atom stereocenters. The van der Waals surface area contributed by atoms with E-state index in [1.807, 2.05) is 62.4 Å². The van der Waals surface area contributed by atoms with Crippen molar-refractivity contribution in [2.24, 2.45) is 0 Å². The van der Waals surface area contributed by atoms with Gasteiger partial charge in [0.25, 0.3) is 0 Å². The van der Waals surface area contributed by atoms with Crippen molar-refractivity contribution in [2.75, 3.05) is 11.9 Å². The third-order valence-electron chi connectivity index (χ3n) is 6.32. The van der Waals surface area contributed by atoms with Crippen LogP contribution < -0.4 is 10.1 Å². The molecule has 0 fully saturated rings. The zero-order valence-corrected chi connectivity index (χ0v) is 23.6. The molecule has 1 aliphatic heterocycles. The number of fused-ring (bicyclic) bond motifs is 1. The molecule has 5 rings (SSSR count). The van der Waals surface area contributed by atoms with Crippen LogP contribution in [-0.4, -0.2) is 27.3 Å². The summed E-state index contributed by atoms with van der Waals surface area (Å²) >= 11 is 7.30. The number of ether oxygens (including phenoxy) is 2.